The molecule has 1 heterocycles. The zero-order valence-electron chi connectivity index (χ0n) is 10.1. The van der Waals surface area contributed by atoms with Crippen molar-refractivity contribution in [2.45, 2.75) is 23.1 Å². The molecule has 0 saturated carbocycles. The Labute approximate surface area is 127 Å². The first kappa shape index (κ1) is 15.0. The van der Waals surface area contributed by atoms with Crippen LogP contribution in [0, 0.1) is 11.6 Å². The van der Waals surface area contributed by atoms with Gasteiger partial charge in [-0.1, -0.05) is 0 Å². The highest BCUT2D eigenvalue weighted by Crippen LogP contribution is 2.42. The molecule has 102 valence electrons. The second-order valence-electron chi connectivity index (χ2n) is 4.11. The van der Waals surface area contributed by atoms with Crippen molar-refractivity contribution in [3.05, 3.63) is 50.6 Å². The van der Waals surface area contributed by atoms with Crippen molar-refractivity contribution >= 4 is 39.0 Å². The van der Waals surface area contributed by atoms with Gasteiger partial charge in [-0.3, -0.25) is 0 Å². The molecule has 0 saturated heterocycles. The van der Waals surface area contributed by atoms with Crippen molar-refractivity contribution < 1.29 is 8.78 Å². The number of benzene rings is 1. The van der Waals surface area contributed by atoms with E-state index in [0.717, 1.165) is 20.8 Å². The predicted octanol–water partition coefficient (Wildman–Crippen LogP) is 4.97. The van der Waals surface area contributed by atoms with Gasteiger partial charge in [0.15, 0.2) is 0 Å². The highest BCUT2D eigenvalue weighted by Gasteiger charge is 2.21. The van der Waals surface area contributed by atoms with Crippen LogP contribution in [0.5, 0.6) is 0 Å². The highest BCUT2D eigenvalue weighted by molar-refractivity contribution is 9.11. The molecule has 0 aliphatic rings. The van der Waals surface area contributed by atoms with Crippen molar-refractivity contribution in [2.75, 3.05) is 0 Å². The Morgan fingerprint density at radius 1 is 1.26 bits per heavy atom. The molecule has 2 rings (SSSR count). The Kier molecular flexibility index (Phi) is 5.00. The largest absolute Gasteiger partial charge is 0.327 e. The third-order valence-electron chi connectivity index (χ3n) is 2.50. The maximum Gasteiger partial charge on any atom is 0.136 e. The summed E-state index contributed by atoms with van der Waals surface area (Å²) in [5.41, 5.74) is 5.97. The Hall–Kier alpha value is -0.430. The summed E-state index contributed by atoms with van der Waals surface area (Å²) in [5, 5.41) is -0.104. The van der Waals surface area contributed by atoms with Crippen LogP contribution in [0.3, 0.4) is 0 Å². The lowest BCUT2D eigenvalue weighted by molar-refractivity contribution is 0.576. The number of thiophene rings is 1. The van der Waals surface area contributed by atoms with Gasteiger partial charge in [-0.05, 0) is 53.2 Å². The Morgan fingerprint density at radius 2 is 2.00 bits per heavy atom. The highest BCUT2D eigenvalue weighted by atomic mass is 79.9. The standard InChI is InChI=1S/C13H12BrF2NS2/c1-7(17)13(10-4-5-12(14)18-10)19-11-6-8(15)2-3-9(11)16/h2-7,13H,17H2,1H3. The van der Waals surface area contributed by atoms with E-state index in [1.807, 2.05) is 19.1 Å². The number of rotatable bonds is 4. The summed E-state index contributed by atoms with van der Waals surface area (Å²) in [6.07, 6.45) is 0. The third-order valence-corrected chi connectivity index (χ3v) is 5.86. The lowest BCUT2D eigenvalue weighted by Gasteiger charge is -2.19. The molecular formula is C13H12BrF2NS2. The molecule has 0 aliphatic carbocycles. The fourth-order valence-corrected chi connectivity index (χ4v) is 4.46. The van der Waals surface area contributed by atoms with Crippen LogP contribution >= 0.6 is 39.0 Å². The van der Waals surface area contributed by atoms with Gasteiger partial charge in [0.25, 0.3) is 0 Å². The van der Waals surface area contributed by atoms with E-state index in [0.29, 0.717) is 0 Å². The van der Waals surface area contributed by atoms with Crippen molar-refractivity contribution in [1.82, 2.24) is 0 Å². The molecule has 0 bridgehead atoms. The third kappa shape index (κ3) is 3.78. The normalized spacial score (nSPS) is 14.4. The van der Waals surface area contributed by atoms with Gasteiger partial charge in [-0.2, -0.15) is 0 Å². The number of hydrogen-bond donors (Lipinski definition) is 1. The Bertz CT molecular complexity index is 572. The van der Waals surface area contributed by atoms with Gasteiger partial charge in [0.2, 0.25) is 0 Å². The number of halogens is 3. The summed E-state index contributed by atoms with van der Waals surface area (Å²) in [4.78, 5) is 1.32. The summed E-state index contributed by atoms with van der Waals surface area (Å²) >= 11 is 6.20. The minimum atomic E-state index is -0.445. The number of hydrogen-bond acceptors (Lipinski definition) is 3. The summed E-state index contributed by atoms with van der Waals surface area (Å²) in [7, 11) is 0. The second-order valence-corrected chi connectivity index (χ2v) is 7.79. The lowest BCUT2D eigenvalue weighted by atomic mass is 10.2. The van der Waals surface area contributed by atoms with E-state index in [9.17, 15) is 8.78 Å². The van der Waals surface area contributed by atoms with Crippen LogP contribution in [0.4, 0.5) is 8.78 Å². The summed E-state index contributed by atoms with van der Waals surface area (Å²) in [6.45, 7) is 1.86. The van der Waals surface area contributed by atoms with Gasteiger partial charge in [0, 0.05) is 15.8 Å². The maximum absolute atomic E-state index is 13.7. The average molecular weight is 364 g/mol. The lowest BCUT2D eigenvalue weighted by Crippen LogP contribution is -2.22. The monoisotopic (exact) mass is 363 g/mol. The fourth-order valence-electron chi connectivity index (χ4n) is 1.61. The van der Waals surface area contributed by atoms with Crippen LogP contribution < -0.4 is 5.73 Å². The van der Waals surface area contributed by atoms with E-state index in [4.69, 9.17) is 5.73 Å². The second kappa shape index (κ2) is 6.35. The molecule has 1 aromatic carbocycles. The molecule has 2 aromatic rings. The van der Waals surface area contributed by atoms with Crippen molar-refractivity contribution in [3.63, 3.8) is 0 Å². The van der Waals surface area contributed by atoms with Crippen LogP contribution in [0.2, 0.25) is 0 Å². The van der Waals surface area contributed by atoms with Crippen LogP contribution in [0.15, 0.2) is 39.0 Å². The zero-order valence-corrected chi connectivity index (χ0v) is 13.3. The maximum atomic E-state index is 13.7. The van der Waals surface area contributed by atoms with Gasteiger partial charge < -0.3 is 5.73 Å². The quantitative estimate of drug-likeness (QED) is 0.776. The topological polar surface area (TPSA) is 26.0 Å². The van der Waals surface area contributed by atoms with E-state index < -0.39 is 11.6 Å². The SMILES string of the molecule is CC(N)C(Sc1cc(F)ccc1F)c1ccc(Br)s1. The van der Waals surface area contributed by atoms with Crippen LogP contribution in [0.1, 0.15) is 17.1 Å². The summed E-state index contributed by atoms with van der Waals surface area (Å²) in [6, 6.07) is 7.17. The average Bonchev–Trinajstić information content (AvgIpc) is 2.76. The molecule has 6 heteroatoms. The van der Waals surface area contributed by atoms with Crippen LogP contribution in [0.25, 0.3) is 0 Å². The van der Waals surface area contributed by atoms with Crippen molar-refractivity contribution in [2.24, 2.45) is 5.73 Å². The van der Waals surface area contributed by atoms with Crippen molar-refractivity contribution in [3.8, 4) is 0 Å². The molecule has 2 unspecified atom stereocenters. The van der Waals surface area contributed by atoms with Gasteiger partial charge in [0.05, 0.1) is 9.04 Å². The van der Waals surface area contributed by atoms with E-state index in [1.54, 1.807) is 11.3 Å². The summed E-state index contributed by atoms with van der Waals surface area (Å²) < 4.78 is 27.9. The van der Waals surface area contributed by atoms with Crippen LogP contribution in [-0.2, 0) is 0 Å². The number of thioether (sulfide) groups is 1. The van der Waals surface area contributed by atoms with Gasteiger partial charge in [-0.25, -0.2) is 8.78 Å². The van der Waals surface area contributed by atoms with Gasteiger partial charge in [-0.15, -0.1) is 23.1 Å². The van der Waals surface area contributed by atoms with Gasteiger partial charge >= 0.3 is 0 Å². The fraction of sp³-hybridized carbons (Fsp3) is 0.231. The molecular weight excluding hydrogens is 352 g/mol. The smallest absolute Gasteiger partial charge is 0.136 e. The molecule has 0 amide bonds. The molecule has 2 N–H and O–H groups in total. The molecule has 0 aliphatic heterocycles. The van der Waals surface area contributed by atoms with Crippen LogP contribution in [-0.4, -0.2) is 6.04 Å². The van der Waals surface area contributed by atoms with E-state index in [1.165, 1.54) is 17.8 Å². The minimum absolute atomic E-state index is 0.104. The van der Waals surface area contributed by atoms with E-state index in [2.05, 4.69) is 15.9 Å². The molecule has 1 nitrogen and oxygen atoms in total. The summed E-state index contributed by atoms with van der Waals surface area (Å²) in [5.74, 6) is -0.868. The first-order valence-electron chi connectivity index (χ1n) is 5.60. The van der Waals surface area contributed by atoms with E-state index >= 15 is 0 Å². The van der Waals surface area contributed by atoms with Crippen molar-refractivity contribution in [1.29, 1.82) is 0 Å². The Balaban J connectivity index is 2.29. The molecule has 1 aromatic heterocycles. The molecule has 0 spiro atoms. The molecule has 0 fully saturated rings. The Morgan fingerprint density at radius 3 is 2.58 bits per heavy atom. The first-order valence-corrected chi connectivity index (χ1v) is 8.09. The molecule has 2 atom stereocenters. The van der Waals surface area contributed by atoms with E-state index in [-0.39, 0.29) is 16.2 Å². The minimum Gasteiger partial charge on any atom is -0.327 e. The first-order chi connectivity index (χ1) is 8.97. The zero-order chi connectivity index (χ0) is 14.0. The predicted molar refractivity (Wildman–Crippen MR) is 80.6 cm³/mol. The molecule has 0 radical (unpaired) electrons. The molecule has 19 heavy (non-hydrogen) atoms. The van der Waals surface area contributed by atoms with Gasteiger partial charge in [0.1, 0.15) is 11.6 Å². The number of nitrogens with two attached hydrogens (primary N) is 1.